The number of esters is 1. The summed E-state index contributed by atoms with van der Waals surface area (Å²) in [6.45, 7) is 6.77. The van der Waals surface area contributed by atoms with E-state index in [1.165, 1.54) is 7.11 Å². The molecule has 0 aliphatic rings. The second-order valence-electron chi connectivity index (χ2n) is 5.98. The van der Waals surface area contributed by atoms with Gasteiger partial charge in [-0.2, -0.15) is 0 Å². The Bertz CT molecular complexity index is 487. The molecule has 2 nitrogen and oxygen atoms in total. The molecular formula is C19H28O2Si. The first-order valence-electron chi connectivity index (χ1n) is 7.82. The standard InChI is InChI=1S/C19H28O2Si/c1-21-19(20)17-15-13-11-9-7-5-6-8-10-12-14-16-18-22(2,3)4/h5-6,8,10H,11-15,17H2,1-4H3/b6-5+,10-8+. The molecule has 0 fully saturated rings. The quantitative estimate of drug-likeness (QED) is 0.227. The van der Waals surface area contributed by atoms with Gasteiger partial charge >= 0.3 is 5.97 Å². The maximum Gasteiger partial charge on any atom is 0.305 e. The zero-order valence-electron chi connectivity index (χ0n) is 14.4. The van der Waals surface area contributed by atoms with Crippen LogP contribution in [0.3, 0.4) is 0 Å². The van der Waals surface area contributed by atoms with Crippen LogP contribution in [-0.2, 0) is 9.53 Å². The molecule has 0 aliphatic carbocycles. The van der Waals surface area contributed by atoms with Gasteiger partial charge in [0.05, 0.1) is 7.11 Å². The molecule has 0 aromatic rings. The van der Waals surface area contributed by atoms with Gasteiger partial charge in [0.25, 0.3) is 0 Å². The topological polar surface area (TPSA) is 26.3 Å². The van der Waals surface area contributed by atoms with Gasteiger partial charge in [0, 0.05) is 19.3 Å². The van der Waals surface area contributed by atoms with E-state index in [1.54, 1.807) is 0 Å². The van der Waals surface area contributed by atoms with Crippen molar-refractivity contribution >= 4 is 14.0 Å². The normalized spacial score (nSPS) is 10.9. The van der Waals surface area contributed by atoms with Gasteiger partial charge in [0.15, 0.2) is 0 Å². The van der Waals surface area contributed by atoms with E-state index in [1.807, 2.05) is 18.2 Å². The maximum atomic E-state index is 10.9. The number of carbonyl (C=O) groups is 1. The number of ether oxygens (including phenoxy) is 1. The van der Waals surface area contributed by atoms with Gasteiger partial charge in [0.2, 0.25) is 0 Å². The predicted molar refractivity (Wildman–Crippen MR) is 96.9 cm³/mol. The lowest BCUT2D eigenvalue weighted by molar-refractivity contribution is -0.140. The number of hydrogen-bond acceptors (Lipinski definition) is 2. The summed E-state index contributed by atoms with van der Waals surface area (Å²) in [6.07, 6.45) is 12.9. The molecule has 0 aliphatic heterocycles. The molecule has 0 atom stereocenters. The first-order valence-corrected chi connectivity index (χ1v) is 11.3. The van der Waals surface area contributed by atoms with E-state index >= 15 is 0 Å². The van der Waals surface area contributed by atoms with E-state index in [-0.39, 0.29) is 5.97 Å². The number of carbonyl (C=O) groups excluding carboxylic acids is 1. The average molecular weight is 317 g/mol. The molecule has 0 radical (unpaired) electrons. The molecule has 0 rings (SSSR count). The fraction of sp³-hybridized carbons (Fsp3) is 0.526. The van der Waals surface area contributed by atoms with Crippen molar-refractivity contribution in [2.75, 3.05) is 7.11 Å². The maximum absolute atomic E-state index is 10.9. The predicted octanol–water partition coefficient (Wildman–Crippen LogP) is 4.50. The molecule has 0 saturated carbocycles. The van der Waals surface area contributed by atoms with E-state index in [2.05, 4.69) is 53.8 Å². The summed E-state index contributed by atoms with van der Waals surface area (Å²) in [5, 5.41) is 0. The van der Waals surface area contributed by atoms with Crippen LogP contribution in [-0.4, -0.2) is 21.2 Å². The highest BCUT2D eigenvalue weighted by atomic mass is 28.3. The van der Waals surface area contributed by atoms with Gasteiger partial charge in [-0.3, -0.25) is 4.79 Å². The second kappa shape index (κ2) is 13.0. The monoisotopic (exact) mass is 316 g/mol. The fourth-order valence-corrected chi connectivity index (χ4v) is 2.13. The van der Waals surface area contributed by atoms with Gasteiger partial charge in [0.1, 0.15) is 8.07 Å². The van der Waals surface area contributed by atoms with Crippen molar-refractivity contribution in [2.45, 2.75) is 58.2 Å². The lowest BCUT2D eigenvalue weighted by atomic mass is 10.2. The molecule has 0 bridgehead atoms. The number of unbranched alkanes of at least 4 members (excludes halogenated alkanes) is 3. The Hall–Kier alpha value is -1.71. The Morgan fingerprint density at radius 1 is 1.09 bits per heavy atom. The minimum Gasteiger partial charge on any atom is -0.469 e. The summed E-state index contributed by atoms with van der Waals surface area (Å²) in [4.78, 5) is 10.9. The Kier molecular flexibility index (Phi) is 12.0. The third-order valence-corrected chi connectivity index (χ3v) is 3.52. The van der Waals surface area contributed by atoms with E-state index in [0.29, 0.717) is 6.42 Å². The highest BCUT2D eigenvalue weighted by Crippen LogP contribution is 2.00. The third-order valence-electron chi connectivity index (χ3n) is 2.59. The summed E-state index contributed by atoms with van der Waals surface area (Å²) in [5.74, 6) is 9.15. The van der Waals surface area contributed by atoms with Gasteiger partial charge < -0.3 is 4.74 Å². The van der Waals surface area contributed by atoms with Crippen molar-refractivity contribution in [2.24, 2.45) is 0 Å². The molecule has 0 aromatic carbocycles. The van der Waals surface area contributed by atoms with E-state index < -0.39 is 8.07 Å². The van der Waals surface area contributed by atoms with Crippen LogP contribution in [0.25, 0.3) is 0 Å². The van der Waals surface area contributed by atoms with E-state index in [0.717, 1.165) is 32.1 Å². The van der Waals surface area contributed by atoms with E-state index in [9.17, 15) is 4.79 Å². The summed E-state index contributed by atoms with van der Waals surface area (Å²) in [6, 6.07) is 0. The average Bonchev–Trinajstić information content (AvgIpc) is 2.46. The molecule has 3 heteroatoms. The molecular weight excluding hydrogens is 288 g/mol. The van der Waals surface area contributed by atoms with Crippen LogP contribution in [0, 0.1) is 23.3 Å². The molecule has 0 N–H and O–H groups in total. The van der Waals surface area contributed by atoms with Crippen molar-refractivity contribution in [1.29, 1.82) is 0 Å². The van der Waals surface area contributed by atoms with Crippen LogP contribution in [0.15, 0.2) is 24.3 Å². The number of allylic oxidation sites excluding steroid dienone is 4. The Labute approximate surface area is 137 Å². The second-order valence-corrected chi connectivity index (χ2v) is 10.7. The molecule has 0 saturated heterocycles. The Balaban J connectivity index is 3.65. The molecule has 0 heterocycles. The molecule has 0 unspecified atom stereocenters. The highest BCUT2D eigenvalue weighted by Gasteiger charge is 2.06. The zero-order valence-corrected chi connectivity index (χ0v) is 15.4. The molecule has 0 aromatic heterocycles. The van der Waals surface area contributed by atoms with Gasteiger partial charge in [-0.15, -0.1) is 11.5 Å². The number of hydrogen-bond donors (Lipinski definition) is 0. The van der Waals surface area contributed by atoms with Crippen LogP contribution in [0.1, 0.15) is 38.5 Å². The minimum atomic E-state index is -1.21. The Morgan fingerprint density at radius 2 is 1.86 bits per heavy atom. The van der Waals surface area contributed by atoms with Gasteiger partial charge in [-0.05, 0) is 25.3 Å². The molecule has 0 spiro atoms. The SMILES string of the molecule is COC(=O)CCCCC#C/C=C/C=C/CCC#C[Si](C)(C)C. The molecule has 120 valence electrons. The molecule has 0 amide bonds. The molecule has 22 heavy (non-hydrogen) atoms. The van der Waals surface area contributed by atoms with Crippen molar-refractivity contribution in [3.05, 3.63) is 24.3 Å². The van der Waals surface area contributed by atoms with Crippen LogP contribution >= 0.6 is 0 Å². The third kappa shape index (κ3) is 16.3. The number of methoxy groups -OCH3 is 1. The van der Waals surface area contributed by atoms with Crippen molar-refractivity contribution in [1.82, 2.24) is 0 Å². The lowest BCUT2D eigenvalue weighted by Crippen LogP contribution is -2.16. The first-order chi connectivity index (χ1) is 10.5. The largest absolute Gasteiger partial charge is 0.469 e. The minimum absolute atomic E-state index is 0.146. The Morgan fingerprint density at radius 3 is 2.55 bits per heavy atom. The van der Waals surface area contributed by atoms with Crippen molar-refractivity contribution < 1.29 is 9.53 Å². The number of rotatable bonds is 7. The fourth-order valence-electron chi connectivity index (χ4n) is 1.48. The van der Waals surface area contributed by atoms with Crippen molar-refractivity contribution in [3.8, 4) is 23.3 Å². The van der Waals surface area contributed by atoms with Gasteiger partial charge in [-0.25, -0.2) is 0 Å². The summed E-state index contributed by atoms with van der Waals surface area (Å²) >= 11 is 0. The van der Waals surface area contributed by atoms with Crippen LogP contribution in [0.2, 0.25) is 19.6 Å². The summed E-state index contributed by atoms with van der Waals surface area (Å²) in [7, 11) is 0.207. The van der Waals surface area contributed by atoms with Crippen LogP contribution in [0.4, 0.5) is 0 Å². The summed E-state index contributed by atoms with van der Waals surface area (Å²) < 4.78 is 4.57. The van der Waals surface area contributed by atoms with Crippen LogP contribution in [0.5, 0.6) is 0 Å². The van der Waals surface area contributed by atoms with E-state index in [4.69, 9.17) is 0 Å². The van der Waals surface area contributed by atoms with Crippen molar-refractivity contribution in [3.63, 3.8) is 0 Å². The summed E-state index contributed by atoms with van der Waals surface area (Å²) in [5.41, 5.74) is 3.35. The lowest BCUT2D eigenvalue weighted by Gasteiger charge is -2.02. The smallest absolute Gasteiger partial charge is 0.305 e. The first kappa shape index (κ1) is 20.3. The van der Waals surface area contributed by atoms with Crippen LogP contribution < -0.4 is 0 Å². The van der Waals surface area contributed by atoms with Gasteiger partial charge in [-0.1, -0.05) is 49.7 Å². The zero-order chi connectivity index (χ0) is 16.7. The highest BCUT2D eigenvalue weighted by molar-refractivity contribution is 6.83.